The maximum absolute atomic E-state index is 13.8. The highest BCUT2D eigenvalue weighted by Crippen LogP contribution is 2.37. The number of nitrogens with one attached hydrogen (secondary N) is 1. The summed E-state index contributed by atoms with van der Waals surface area (Å²) in [5.41, 5.74) is 1.25. The lowest BCUT2D eigenvalue weighted by atomic mass is 9.88. The van der Waals surface area contributed by atoms with E-state index < -0.39 is 5.82 Å². The van der Waals surface area contributed by atoms with Crippen LogP contribution >= 0.6 is 0 Å². The third-order valence-corrected chi connectivity index (χ3v) is 3.59. The molecule has 0 aliphatic carbocycles. The second-order valence-corrected chi connectivity index (χ2v) is 5.57. The van der Waals surface area contributed by atoms with E-state index in [1.807, 2.05) is 32.0 Å². The van der Waals surface area contributed by atoms with Crippen molar-refractivity contribution >= 4 is 0 Å². The standard InChI is InChI=1S/C14H21FN2O/c1-14(5-4-6-16-14)11-7-10(9-17(2)3)8-12(15)13(11)18/h7-8,16,18H,4-6,9H2,1-3H3. The molecule has 0 radical (unpaired) electrons. The molecule has 100 valence electrons. The monoisotopic (exact) mass is 252 g/mol. The minimum atomic E-state index is -0.528. The fourth-order valence-corrected chi connectivity index (χ4v) is 2.66. The number of rotatable bonds is 3. The summed E-state index contributed by atoms with van der Waals surface area (Å²) in [7, 11) is 3.89. The van der Waals surface area contributed by atoms with Crippen molar-refractivity contribution in [3.05, 3.63) is 29.1 Å². The van der Waals surface area contributed by atoms with Crippen molar-refractivity contribution in [3.8, 4) is 5.75 Å². The summed E-state index contributed by atoms with van der Waals surface area (Å²) in [5.74, 6) is -0.742. The highest BCUT2D eigenvalue weighted by atomic mass is 19.1. The van der Waals surface area contributed by atoms with Gasteiger partial charge in [-0.2, -0.15) is 0 Å². The maximum Gasteiger partial charge on any atom is 0.165 e. The number of hydrogen-bond acceptors (Lipinski definition) is 3. The predicted octanol–water partition coefficient (Wildman–Crippen LogP) is 2.19. The topological polar surface area (TPSA) is 35.5 Å². The summed E-state index contributed by atoms with van der Waals surface area (Å²) in [5, 5.41) is 13.3. The van der Waals surface area contributed by atoms with Crippen LogP contribution in [-0.2, 0) is 12.1 Å². The van der Waals surface area contributed by atoms with Crippen LogP contribution < -0.4 is 5.32 Å². The van der Waals surface area contributed by atoms with Crippen LogP contribution in [0.4, 0.5) is 4.39 Å². The Labute approximate surface area is 108 Å². The Bertz CT molecular complexity index is 440. The first-order valence-corrected chi connectivity index (χ1v) is 6.34. The van der Waals surface area contributed by atoms with Gasteiger partial charge in [0.15, 0.2) is 11.6 Å². The van der Waals surface area contributed by atoms with E-state index in [9.17, 15) is 9.50 Å². The van der Waals surface area contributed by atoms with Gasteiger partial charge in [0.1, 0.15) is 0 Å². The van der Waals surface area contributed by atoms with Gasteiger partial charge in [-0.25, -0.2) is 4.39 Å². The summed E-state index contributed by atoms with van der Waals surface area (Å²) in [4.78, 5) is 1.99. The first-order valence-electron chi connectivity index (χ1n) is 6.34. The van der Waals surface area contributed by atoms with E-state index in [0.29, 0.717) is 12.1 Å². The van der Waals surface area contributed by atoms with Crippen LogP contribution in [0.2, 0.25) is 0 Å². The molecule has 0 saturated carbocycles. The lowest BCUT2D eigenvalue weighted by molar-refractivity contribution is 0.368. The predicted molar refractivity (Wildman–Crippen MR) is 70.0 cm³/mol. The molecule has 0 spiro atoms. The van der Waals surface area contributed by atoms with E-state index in [2.05, 4.69) is 5.32 Å². The van der Waals surface area contributed by atoms with E-state index in [-0.39, 0.29) is 11.3 Å². The van der Waals surface area contributed by atoms with Crippen LogP contribution in [0.25, 0.3) is 0 Å². The molecule has 1 aliphatic rings. The number of halogens is 1. The second kappa shape index (κ2) is 4.86. The van der Waals surface area contributed by atoms with Crippen molar-refractivity contribution in [2.75, 3.05) is 20.6 Å². The van der Waals surface area contributed by atoms with Gasteiger partial charge >= 0.3 is 0 Å². The summed E-state index contributed by atoms with van der Waals surface area (Å²) >= 11 is 0. The van der Waals surface area contributed by atoms with Gasteiger partial charge in [-0.3, -0.25) is 0 Å². The zero-order valence-corrected chi connectivity index (χ0v) is 11.3. The van der Waals surface area contributed by atoms with Crippen LogP contribution in [0.5, 0.6) is 5.75 Å². The molecule has 1 fully saturated rings. The molecular weight excluding hydrogens is 231 g/mol. The number of aromatic hydroxyl groups is 1. The fourth-order valence-electron chi connectivity index (χ4n) is 2.66. The number of phenolic OH excluding ortho intramolecular Hbond substituents is 1. The Morgan fingerprint density at radius 3 is 2.72 bits per heavy atom. The zero-order valence-electron chi connectivity index (χ0n) is 11.3. The third-order valence-electron chi connectivity index (χ3n) is 3.59. The number of phenols is 1. The molecule has 1 aromatic rings. The van der Waals surface area contributed by atoms with E-state index in [1.54, 1.807) is 0 Å². The molecule has 0 aromatic heterocycles. The first-order chi connectivity index (χ1) is 8.42. The molecule has 1 aliphatic heterocycles. The van der Waals surface area contributed by atoms with Gasteiger partial charge in [0.05, 0.1) is 0 Å². The average molecular weight is 252 g/mol. The van der Waals surface area contributed by atoms with Crippen molar-refractivity contribution in [2.24, 2.45) is 0 Å². The molecule has 0 amide bonds. The van der Waals surface area contributed by atoms with Gasteiger partial charge < -0.3 is 15.3 Å². The summed E-state index contributed by atoms with van der Waals surface area (Å²) in [6, 6.07) is 3.33. The van der Waals surface area contributed by atoms with Crippen LogP contribution in [0.15, 0.2) is 12.1 Å². The average Bonchev–Trinajstić information content (AvgIpc) is 2.70. The molecule has 0 bridgehead atoms. The van der Waals surface area contributed by atoms with Crippen molar-refractivity contribution in [1.82, 2.24) is 10.2 Å². The molecule has 1 saturated heterocycles. The molecule has 2 rings (SSSR count). The number of hydrogen-bond donors (Lipinski definition) is 2. The third kappa shape index (κ3) is 2.49. The Kier molecular flexibility index (Phi) is 3.59. The highest BCUT2D eigenvalue weighted by Gasteiger charge is 2.33. The molecule has 1 atom stereocenters. The van der Waals surface area contributed by atoms with Gasteiger partial charge in [0.25, 0.3) is 0 Å². The molecule has 4 heteroatoms. The Balaban J connectivity index is 2.42. The Morgan fingerprint density at radius 2 is 2.17 bits per heavy atom. The van der Waals surface area contributed by atoms with Crippen LogP contribution in [0, 0.1) is 5.82 Å². The minimum Gasteiger partial charge on any atom is -0.505 e. The second-order valence-electron chi connectivity index (χ2n) is 5.57. The van der Waals surface area contributed by atoms with Crippen LogP contribution in [0.1, 0.15) is 30.9 Å². The number of nitrogens with zero attached hydrogens (tertiary/aromatic N) is 1. The summed E-state index contributed by atoms with van der Waals surface area (Å²) in [6.45, 7) is 3.60. The van der Waals surface area contributed by atoms with Gasteiger partial charge in [-0.15, -0.1) is 0 Å². The lowest BCUT2D eigenvalue weighted by Crippen LogP contribution is -2.33. The fraction of sp³-hybridized carbons (Fsp3) is 0.571. The molecule has 1 aromatic carbocycles. The van der Waals surface area contributed by atoms with E-state index in [0.717, 1.165) is 24.9 Å². The Morgan fingerprint density at radius 1 is 1.44 bits per heavy atom. The zero-order chi connectivity index (χ0) is 13.3. The first kappa shape index (κ1) is 13.3. The molecule has 1 heterocycles. The Hall–Kier alpha value is -1.13. The van der Waals surface area contributed by atoms with Gasteiger partial charge in [-0.05, 0) is 58.1 Å². The molecule has 1 unspecified atom stereocenters. The molecule has 2 N–H and O–H groups in total. The quantitative estimate of drug-likeness (QED) is 0.865. The largest absolute Gasteiger partial charge is 0.505 e. The molecular formula is C14H21FN2O. The lowest BCUT2D eigenvalue weighted by Gasteiger charge is -2.27. The van der Waals surface area contributed by atoms with E-state index in [4.69, 9.17) is 0 Å². The van der Waals surface area contributed by atoms with Crippen molar-refractivity contribution in [3.63, 3.8) is 0 Å². The van der Waals surface area contributed by atoms with E-state index >= 15 is 0 Å². The summed E-state index contributed by atoms with van der Waals surface area (Å²) in [6.07, 6.45) is 1.97. The summed E-state index contributed by atoms with van der Waals surface area (Å²) < 4.78 is 13.8. The van der Waals surface area contributed by atoms with Crippen molar-refractivity contribution in [1.29, 1.82) is 0 Å². The van der Waals surface area contributed by atoms with Crippen molar-refractivity contribution in [2.45, 2.75) is 31.8 Å². The number of benzene rings is 1. The van der Waals surface area contributed by atoms with E-state index in [1.165, 1.54) is 6.07 Å². The normalized spacial score (nSPS) is 23.8. The van der Waals surface area contributed by atoms with Crippen LogP contribution in [0.3, 0.4) is 0 Å². The van der Waals surface area contributed by atoms with Gasteiger partial charge in [0.2, 0.25) is 0 Å². The highest BCUT2D eigenvalue weighted by molar-refractivity contribution is 5.42. The maximum atomic E-state index is 13.8. The van der Waals surface area contributed by atoms with Gasteiger partial charge in [-0.1, -0.05) is 0 Å². The molecule has 18 heavy (non-hydrogen) atoms. The SMILES string of the molecule is CN(C)Cc1cc(F)c(O)c(C2(C)CCCN2)c1. The smallest absolute Gasteiger partial charge is 0.165 e. The van der Waals surface area contributed by atoms with Crippen LogP contribution in [-0.4, -0.2) is 30.6 Å². The minimum absolute atomic E-state index is 0.214. The molecule has 3 nitrogen and oxygen atoms in total. The van der Waals surface area contributed by atoms with Gasteiger partial charge in [0, 0.05) is 17.6 Å². The van der Waals surface area contributed by atoms with Crippen molar-refractivity contribution < 1.29 is 9.50 Å².